The number of hydrogen-bond donors (Lipinski definition) is 2. The number of amides is 1. The van der Waals surface area contributed by atoms with Gasteiger partial charge in [0, 0.05) is 13.0 Å². The molecule has 2 N–H and O–H groups in total. The van der Waals surface area contributed by atoms with Gasteiger partial charge in [-0.3, -0.25) is 4.79 Å². The highest BCUT2D eigenvalue weighted by Gasteiger charge is 2.32. The first-order chi connectivity index (χ1) is 8.74. The van der Waals surface area contributed by atoms with Crippen molar-refractivity contribution in [2.24, 2.45) is 11.3 Å². The Kier molecular flexibility index (Phi) is 5.04. The first-order valence-corrected chi connectivity index (χ1v) is 7.71. The molecule has 3 heteroatoms. The summed E-state index contributed by atoms with van der Waals surface area (Å²) in [6.07, 6.45) is 9.51. The Morgan fingerprint density at radius 2 is 2.17 bits per heavy atom. The lowest BCUT2D eigenvalue weighted by Crippen LogP contribution is -2.35. The molecule has 1 saturated heterocycles. The van der Waals surface area contributed by atoms with Crippen LogP contribution in [0.1, 0.15) is 58.3 Å². The van der Waals surface area contributed by atoms with Crippen LogP contribution in [0.5, 0.6) is 0 Å². The zero-order chi connectivity index (χ0) is 12.8. The van der Waals surface area contributed by atoms with E-state index in [2.05, 4.69) is 17.6 Å². The van der Waals surface area contributed by atoms with Crippen LogP contribution in [0.4, 0.5) is 0 Å². The van der Waals surface area contributed by atoms with E-state index in [9.17, 15) is 4.79 Å². The second kappa shape index (κ2) is 6.55. The Morgan fingerprint density at radius 1 is 1.39 bits per heavy atom. The first kappa shape index (κ1) is 13.9. The van der Waals surface area contributed by atoms with Crippen molar-refractivity contribution < 1.29 is 4.79 Å². The molecule has 3 nitrogen and oxygen atoms in total. The summed E-state index contributed by atoms with van der Waals surface area (Å²) in [7, 11) is 0. The summed E-state index contributed by atoms with van der Waals surface area (Å²) in [6, 6.07) is 0. The Hall–Kier alpha value is -0.570. The van der Waals surface area contributed by atoms with E-state index in [-0.39, 0.29) is 5.91 Å². The van der Waals surface area contributed by atoms with E-state index >= 15 is 0 Å². The third-order valence-electron chi connectivity index (χ3n) is 5.02. The summed E-state index contributed by atoms with van der Waals surface area (Å²) in [6.45, 7) is 5.41. The van der Waals surface area contributed by atoms with Crippen LogP contribution < -0.4 is 10.6 Å². The standard InChI is InChI=1S/C15H28N2O/c1-2-15(8-3-4-9-15)12-17-14(18)6-5-13-7-10-16-11-13/h13,16H,2-12H2,1H3,(H,17,18). The van der Waals surface area contributed by atoms with Crippen molar-refractivity contribution >= 4 is 5.91 Å². The highest BCUT2D eigenvalue weighted by atomic mass is 16.1. The monoisotopic (exact) mass is 252 g/mol. The topological polar surface area (TPSA) is 41.1 Å². The van der Waals surface area contributed by atoms with Crippen molar-refractivity contribution in [2.75, 3.05) is 19.6 Å². The molecule has 0 radical (unpaired) electrons. The molecule has 2 aliphatic rings. The zero-order valence-corrected chi connectivity index (χ0v) is 11.8. The summed E-state index contributed by atoms with van der Waals surface area (Å²) in [5.41, 5.74) is 0.421. The molecule has 0 bridgehead atoms. The van der Waals surface area contributed by atoms with E-state index in [0.717, 1.165) is 32.0 Å². The highest BCUT2D eigenvalue weighted by Crippen LogP contribution is 2.40. The zero-order valence-electron chi connectivity index (χ0n) is 11.8. The highest BCUT2D eigenvalue weighted by molar-refractivity contribution is 5.75. The smallest absolute Gasteiger partial charge is 0.220 e. The maximum absolute atomic E-state index is 11.9. The Morgan fingerprint density at radius 3 is 2.78 bits per heavy atom. The third-order valence-corrected chi connectivity index (χ3v) is 5.02. The van der Waals surface area contributed by atoms with Gasteiger partial charge in [-0.05, 0) is 56.5 Å². The Bertz CT molecular complexity index is 266. The minimum atomic E-state index is 0.265. The summed E-state index contributed by atoms with van der Waals surface area (Å²) < 4.78 is 0. The average molecular weight is 252 g/mol. The van der Waals surface area contributed by atoms with Crippen LogP contribution in [0, 0.1) is 11.3 Å². The maximum atomic E-state index is 11.9. The molecular weight excluding hydrogens is 224 g/mol. The van der Waals surface area contributed by atoms with Crippen molar-refractivity contribution in [3.63, 3.8) is 0 Å². The van der Waals surface area contributed by atoms with Crippen LogP contribution >= 0.6 is 0 Å². The molecule has 2 rings (SSSR count). The van der Waals surface area contributed by atoms with E-state index in [1.807, 2.05) is 0 Å². The van der Waals surface area contributed by atoms with Crippen LogP contribution in [0.2, 0.25) is 0 Å². The molecule has 104 valence electrons. The Labute approximate surface area is 111 Å². The van der Waals surface area contributed by atoms with Gasteiger partial charge in [-0.25, -0.2) is 0 Å². The second-order valence-electron chi connectivity index (χ2n) is 6.23. The van der Waals surface area contributed by atoms with Gasteiger partial charge in [-0.2, -0.15) is 0 Å². The van der Waals surface area contributed by atoms with Gasteiger partial charge in [0.15, 0.2) is 0 Å². The molecule has 0 aromatic heterocycles. The molecule has 1 amide bonds. The molecule has 1 unspecified atom stereocenters. The van der Waals surface area contributed by atoms with E-state index < -0.39 is 0 Å². The van der Waals surface area contributed by atoms with Crippen molar-refractivity contribution in [3.8, 4) is 0 Å². The van der Waals surface area contributed by atoms with Crippen LogP contribution in [0.25, 0.3) is 0 Å². The maximum Gasteiger partial charge on any atom is 0.220 e. The van der Waals surface area contributed by atoms with Crippen LogP contribution in [-0.2, 0) is 4.79 Å². The fourth-order valence-electron chi connectivity index (χ4n) is 3.45. The minimum absolute atomic E-state index is 0.265. The Balaban J connectivity index is 1.64. The number of nitrogens with one attached hydrogen (secondary N) is 2. The molecule has 18 heavy (non-hydrogen) atoms. The second-order valence-corrected chi connectivity index (χ2v) is 6.23. The summed E-state index contributed by atoms with van der Waals surface area (Å²) in [5.74, 6) is 0.990. The summed E-state index contributed by atoms with van der Waals surface area (Å²) >= 11 is 0. The molecule has 0 spiro atoms. The molecule has 1 atom stereocenters. The van der Waals surface area contributed by atoms with Gasteiger partial charge in [0.2, 0.25) is 5.91 Å². The summed E-state index contributed by atoms with van der Waals surface area (Å²) in [5, 5.41) is 6.54. The van der Waals surface area contributed by atoms with Gasteiger partial charge in [-0.1, -0.05) is 19.8 Å². The molecule has 1 saturated carbocycles. The van der Waals surface area contributed by atoms with Crippen molar-refractivity contribution in [1.29, 1.82) is 0 Å². The normalized spacial score (nSPS) is 26.4. The number of rotatable bonds is 6. The molecule has 0 aromatic rings. The molecule has 1 heterocycles. The number of hydrogen-bond acceptors (Lipinski definition) is 2. The predicted octanol–water partition coefficient (Wildman–Crippen LogP) is 2.46. The number of carbonyl (C=O) groups is 1. The lowest BCUT2D eigenvalue weighted by molar-refractivity contribution is -0.121. The van der Waals surface area contributed by atoms with Crippen molar-refractivity contribution in [1.82, 2.24) is 10.6 Å². The average Bonchev–Trinajstić information content (AvgIpc) is 3.06. The van der Waals surface area contributed by atoms with Crippen molar-refractivity contribution in [2.45, 2.75) is 58.3 Å². The van der Waals surface area contributed by atoms with Gasteiger partial charge in [-0.15, -0.1) is 0 Å². The van der Waals surface area contributed by atoms with Gasteiger partial charge < -0.3 is 10.6 Å². The van der Waals surface area contributed by atoms with Gasteiger partial charge in [0.1, 0.15) is 0 Å². The minimum Gasteiger partial charge on any atom is -0.356 e. The van der Waals surface area contributed by atoms with Crippen molar-refractivity contribution in [3.05, 3.63) is 0 Å². The fraction of sp³-hybridized carbons (Fsp3) is 0.933. The predicted molar refractivity (Wildman–Crippen MR) is 74.4 cm³/mol. The molecule has 2 fully saturated rings. The molecule has 0 aromatic carbocycles. The lowest BCUT2D eigenvalue weighted by atomic mass is 9.83. The fourth-order valence-corrected chi connectivity index (χ4v) is 3.45. The van der Waals surface area contributed by atoms with E-state index in [1.165, 1.54) is 38.5 Å². The summed E-state index contributed by atoms with van der Waals surface area (Å²) in [4.78, 5) is 11.9. The van der Waals surface area contributed by atoms with Gasteiger partial charge in [0.25, 0.3) is 0 Å². The SMILES string of the molecule is CCC1(CNC(=O)CCC2CCNC2)CCCC1. The quantitative estimate of drug-likeness (QED) is 0.762. The largest absolute Gasteiger partial charge is 0.356 e. The van der Waals surface area contributed by atoms with E-state index in [1.54, 1.807) is 0 Å². The molecular formula is C15H28N2O. The van der Waals surface area contributed by atoms with Crippen LogP contribution in [0.15, 0.2) is 0 Å². The van der Waals surface area contributed by atoms with Crippen LogP contribution in [-0.4, -0.2) is 25.5 Å². The van der Waals surface area contributed by atoms with Crippen LogP contribution in [0.3, 0.4) is 0 Å². The first-order valence-electron chi connectivity index (χ1n) is 7.71. The number of carbonyl (C=O) groups excluding carboxylic acids is 1. The third kappa shape index (κ3) is 3.71. The lowest BCUT2D eigenvalue weighted by Gasteiger charge is -2.27. The van der Waals surface area contributed by atoms with E-state index in [0.29, 0.717) is 11.8 Å². The molecule has 1 aliphatic heterocycles. The van der Waals surface area contributed by atoms with Gasteiger partial charge >= 0.3 is 0 Å². The van der Waals surface area contributed by atoms with E-state index in [4.69, 9.17) is 0 Å². The molecule has 1 aliphatic carbocycles. The van der Waals surface area contributed by atoms with Gasteiger partial charge in [0.05, 0.1) is 0 Å².